The third-order valence-corrected chi connectivity index (χ3v) is 1.97. The second-order valence-corrected chi connectivity index (χ2v) is 2.82. The van der Waals surface area contributed by atoms with Crippen LogP contribution in [0, 0.1) is 5.92 Å². The van der Waals surface area contributed by atoms with Crippen molar-refractivity contribution in [3.05, 3.63) is 0 Å². The van der Waals surface area contributed by atoms with E-state index in [9.17, 15) is 13.2 Å². The molecule has 0 aromatic carbocycles. The Balaban J connectivity index is 2.42. The van der Waals surface area contributed by atoms with Crippen molar-refractivity contribution in [2.24, 2.45) is 11.7 Å². The molecule has 0 unspecified atom stereocenters. The molecule has 2 atom stereocenters. The van der Waals surface area contributed by atoms with Crippen LogP contribution in [0.25, 0.3) is 0 Å². The first-order valence-corrected chi connectivity index (χ1v) is 3.54. The molecule has 0 aliphatic carbocycles. The van der Waals surface area contributed by atoms with Crippen LogP contribution in [-0.2, 0) is 0 Å². The summed E-state index contributed by atoms with van der Waals surface area (Å²) in [5.41, 5.74) is 5.21. The van der Waals surface area contributed by atoms with Crippen molar-refractivity contribution < 1.29 is 13.2 Å². The molecule has 0 bridgehead atoms. The summed E-state index contributed by atoms with van der Waals surface area (Å²) in [6.45, 7) is 0.304. The maximum absolute atomic E-state index is 12.0. The normalized spacial score (nSPS) is 32.7. The van der Waals surface area contributed by atoms with Gasteiger partial charge in [0, 0.05) is 19.1 Å². The van der Waals surface area contributed by atoms with E-state index in [1.54, 1.807) is 0 Å². The summed E-state index contributed by atoms with van der Waals surface area (Å²) in [5, 5.41) is 2.72. The molecule has 0 saturated carbocycles. The van der Waals surface area contributed by atoms with Gasteiger partial charge in [-0.3, -0.25) is 0 Å². The molecule has 3 N–H and O–H groups in total. The van der Waals surface area contributed by atoms with Gasteiger partial charge in [-0.2, -0.15) is 13.2 Å². The molecule has 1 aliphatic heterocycles. The highest BCUT2D eigenvalue weighted by molar-refractivity contribution is 4.85. The number of hydrogen-bond acceptors (Lipinski definition) is 2. The minimum absolute atomic E-state index is 0.0192. The lowest BCUT2D eigenvalue weighted by Crippen LogP contribution is -2.29. The van der Waals surface area contributed by atoms with Crippen LogP contribution in [0.4, 0.5) is 13.2 Å². The molecule has 0 aromatic heterocycles. The van der Waals surface area contributed by atoms with E-state index in [1.807, 2.05) is 0 Å². The van der Waals surface area contributed by atoms with E-state index in [4.69, 9.17) is 5.73 Å². The van der Waals surface area contributed by atoms with Gasteiger partial charge in [0.15, 0.2) is 0 Å². The first-order chi connectivity index (χ1) is 5.04. The van der Waals surface area contributed by atoms with Gasteiger partial charge in [-0.1, -0.05) is 0 Å². The third-order valence-electron chi connectivity index (χ3n) is 1.97. The minimum Gasteiger partial charge on any atom is -0.329 e. The highest BCUT2D eigenvalue weighted by atomic mass is 19.4. The standard InChI is InChI=1S/C6H11F3N2/c7-6(8,9)4-1-5(2-10)11-3-4/h4-5,11H,1-3,10H2/t4-,5-/m0/s1. The van der Waals surface area contributed by atoms with Gasteiger partial charge < -0.3 is 11.1 Å². The molecule has 0 spiro atoms. The van der Waals surface area contributed by atoms with Crippen LogP contribution >= 0.6 is 0 Å². The van der Waals surface area contributed by atoms with Crippen LogP contribution in [0.1, 0.15) is 6.42 Å². The SMILES string of the molecule is NC[C@@H]1C[C@H](C(F)(F)F)CN1. The molecule has 66 valence electrons. The molecule has 11 heavy (non-hydrogen) atoms. The van der Waals surface area contributed by atoms with Crippen molar-refractivity contribution in [1.29, 1.82) is 0 Å². The predicted molar refractivity (Wildman–Crippen MR) is 35.0 cm³/mol. The number of alkyl halides is 3. The van der Waals surface area contributed by atoms with Gasteiger partial charge in [0.2, 0.25) is 0 Å². The van der Waals surface area contributed by atoms with E-state index >= 15 is 0 Å². The Morgan fingerprint density at radius 3 is 2.36 bits per heavy atom. The van der Waals surface area contributed by atoms with Gasteiger partial charge in [0.05, 0.1) is 5.92 Å². The van der Waals surface area contributed by atoms with E-state index < -0.39 is 12.1 Å². The maximum Gasteiger partial charge on any atom is 0.393 e. The number of halogens is 3. The fourth-order valence-corrected chi connectivity index (χ4v) is 1.25. The average Bonchev–Trinajstić information content (AvgIpc) is 2.32. The van der Waals surface area contributed by atoms with Gasteiger partial charge in [0.1, 0.15) is 0 Å². The third kappa shape index (κ3) is 2.07. The van der Waals surface area contributed by atoms with Gasteiger partial charge >= 0.3 is 6.18 Å². The van der Waals surface area contributed by atoms with E-state index in [-0.39, 0.29) is 25.6 Å². The van der Waals surface area contributed by atoms with Gasteiger partial charge in [0.25, 0.3) is 0 Å². The minimum atomic E-state index is -4.06. The lowest BCUT2D eigenvalue weighted by Gasteiger charge is -2.12. The number of nitrogens with two attached hydrogens (primary N) is 1. The maximum atomic E-state index is 12.0. The molecule has 5 heteroatoms. The van der Waals surface area contributed by atoms with E-state index in [0.29, 0.717) is 0 Å². The molecule has 0 aromatic rings. The number of nitrogens with one attached hydrogen (secondary N) is 1. The zero-order valence-electron chi connectivity index (χ0n) is 5.99. The Labute approximate surface area is 62.9 Å². The summed E-state index contributed by atoms with van der Waals surface area (Å²) in [7, 11) is 0. The summed E-state index contributed by atoms with van der Waals surface area (Å²) in [5.74, 6) is -1.20. The molecule has 2 nitrogen and oxygen atoms in total. The smallest absolute Gasteiger partial charge is 0.329 e. The van der Waals surface area contributed by atoms with E-state index in [1.165, 1.54) is 0 Å². The highest BCUT2D eigenvalue weighted by Gasteiger charge is 2.43. The van der Waals surface area contributed by atoms with E-state index in [2.05, 4.69) is 5.32 Å². The summed E-state index contributed by atoms with van der Waals surface area (Å²) in [6.07, 6.45) is -3.93. The van der Waals surface area contributed by atoms with Crippen LogP contribution in [0.15, 0.2) is 0 Å². The van der Waals surface area contributed by atoms with Crippen LogP contribution in [0.5, 0.6) is 0 Å². The van der Waals surface area contributed by atoms with Crippen LogP contribution < -0.4 is 11.1 Å². The molecule has 0 radical (unpaired) electrons. The average molecular weight is 168 g/mol. The van der Waals surface area contributed by atoms with Gasteiger partial charge in [-0.05, 0) is 6.42 Å². The fraction of sp³-hybridized carbons (Fsp3) is 1.00. The van der Waals surface area contributed by atoms with Crippen molar-refractivity contribution in [2.45, 2.75) is 18.6 Å². The Hall–Kier alpha value is -0.290. The quantitative estimate of drug-likeness (QED) is 0.597. The lowest BCUT2D eigenvalue weighted by molar-refractivity contribution is -0.169. The van der Waals surface area contributed by atoms with Crippen molar-refractivity contribution in [3.63, 3.8) is 0 Å². The topological polar surface area (TPSA) is 38.0 Å². The van der Waals surface area contributed by atoms with Crippen molar-refractivity contribution in [2.75, 3.05) is 13.1 Å². The summed E-state index contributed by atoms with van der Waals surface area (Å²) in [6, 6.07) is -0.151. The molecule has 1 fully saturated rings. The molecular weight excluding hydrogens is 157 g/mol. The predicted octanol–water partition coefficient (Wildman–Crippen LogP) is 0.485. The summed E-state index contributed by atoms with van der Waals surface area (Å²) >= 11 is 0. The van der Waals surface area contributed by atoms with Gasteiger partial charge in [-0.25, -0.2) is 0 Å². The summed E-state index contributed by atoms with van der Waals surface area (Å²) < 4.78 is 36.0. The first kappa shape index (κ1) is 8.80. The number of hydrogen-bond donors (Lipinski definition) is 2. The molecule has 1 aliphatic rings. The zero-order chi connectivity index (χ0) is 8.48. The van der Waals surface area contributed by atoms with Gasteiger partial charge in [-0.15, -0.1) is 0 Å². The molecule has 0 amide bonds. The highest BCUT2D eigenvalue weighted by Crippen LogP contribution is 2.31. The molecular formula is C6H11F3N2. The summed E-state index contributed by atoms with van der Waals surface area (Å²) in [4.78, 5) is 0. The molecule has 1 rings (SSSR count). The second-order valence-electron chi connectivity index (χ2n) is 2.82. The van der Waals surface area contributed by atoms with Crippen LogP contribution in [-0.4, -0.2) is 25.3 Å². The Bertz CT molecular complexity index is 134. The Morgan fingerprint density at radius 1 is 1.45 bits per heavy atom. The molecule has 1 heterocycles. The molecule has 1 saturated heterocycles. The number of rotatable bonds is 1. The van der Waals surface area contributed by atoms with Crippen molar-refractivity contribution in [3.8, 4) is 0 Å². The monoisotopic (exact) mass is 168 g/mol. The lowest BCUT2D eigenvalue weighted by atomic mass is 10.1. The fourth-order valence-electron chi connectivity index (χ4n) is 1.25. The largest absolute Gasteiger partial charge is 0.393 e. The van der Waals surface area contributed by atoms with Crippen molar-refractivity contribution in [1.82, 2.24) is 5.32 Å². The van der Waals surface area contributed by atoms with Crippen LogP contribution in [0.3, 0.4) is 0 Å². The van der Waals surface area contributed by atoms with E-state index in [0.717, 1.165) is 0 Å². The van der Waals surface area contributed by atoms with Crippen LogP contribution in [0.2, 0.25) is 0 Å². The van der Waals surface area contributed by atoms with Crippen molar-refractivity contribution >= 4 is 0 Å². The zero-order valence-corrected chi connectivity index (χ0v) is 5.99. The Kier molecular flexibility index (Phi) is 2.39. The first-order valence-electron chi connectivity index (χ1n) is 3.54. The second kappa shape index (κ2) is 2.98. The Morgan fingerprint density at radius 2 is 2.09 bits per heavy atom.